The van der Waals surface area contributed by atoms with Crippen molar-refractivity contribution in [3.05, 3.63) is 18.0 Å². The van der Waals surface area contributed by atoms with Gasteiger partial charge < -0.3 is 5.73 Å². The van der Waals surface area contributed by atoms with Crippen LogP contribution in [-0.4, -0.2) is 33.8 Å². The number of hydrogen-bond acceptors (Lipinski definition) is 3. The van der Waals surface area contributed by atoms with Crippen LogP contribution in [0.5, 0.6) is 0 Å². The van der Waals surface area contributed by atoms with Crippen LogP contribution in [0.1, 0.15) is 51.3 Å². The molecule has 2 heterocycles. The summed E-state index contributed by atoms with van der Waals surface area (Å²) in [6, 6.07) is 1.04. The summed E-state index contributed by atoms with van der Waals surface area (Å²) >= 11 is 0. The Hall–Kier alpha value is -0.870. The molecule has 2 rings (SSSR count). The Morgan fingerprint density at radius 1 is 1.53 bits per heavy atom. The molecule has 0 aromatic carbocycles. The molecular formula is C13H24N4. The van der Waals surface area contributed by atoms with Gasteiger partial charge in [-0.25, -0.2) is 0 Å². The summed E-state index contributed by atoms with van der Waals surface area (Å²) in [5.74, 6) is 0. The fraction of sp³-hybridized carbons (Fsp3) is 0.769. The van der Waals surface area contributed by atoms with Crippen LogP contribution < -0.4 is 5.73 Å². The predicted octanol–water partition coefficient (Wildman–Crippen LogP) is 1.95. The molecule has 1 aromatic heterocycles. The third kappa shape index (κ3) is 2.53. The lowest BCUT2D eigenvalue weighted by Crippen LogP contribution is -2.32. The number of nitrogens with two attached hydrogens (primary N) is 1. The number of aromatic nitrogens is 2. The minimum Gasteiger partial charge on any atom is -0.326 e. The van der Waals surface area contributed by atoms with Gasteiger partial charge in [0.25, 0.3) is 0 Å². The van der Waals surface area contributed by atoms with Crippen LogP contribution >= 0.6 is 0 Å². The zero-order valence-corrected chi connectivity index (χ0v) is 11.1. The molecule has 0 saturated carbocycles. The van der Waals surface area contributed by atoms with Gasteiger partial charge in [-0.15, -0.1) is 0 Å². The van der Waals surface area contributed by atoms with Crippen LogP contribution in [0.25, 0.3) is 0 Å². The largest absolute Gasteiger partial charge is 0.326 e. The Balaban J connectivity index is 2.17. The van der Waals surface area contributed by atoms with Gasteiger partial charge in [-0.2, -0.15) is 5.10 Å². The molecule has 1 saturated heterocycles. The summed E-state index contributed by atoms with van der Waals surface area (Å²) in [4.78, 5) is 2.49. The molecule has 4 heteroatoms. The van der Waals surface area contributed by atoms with Gasteiger partial charge in [0.1, 0.15) is 0 Å². The first-order valence-electron chi connectivity index (χ1n) is 6.67. The zero-order valence-electron chi connectivity index (χ0n) is 11.1. The topological polar surface area (TPSA) is 47.1 Å². The Morgan fingerprint density at radius 2 is 2.29 bits per heavy atom. The van der Waals surface area contributed by atoms with Crippen molar-refractivity contribution >= 4 is 0 Å². The van der Waals surface area contributed by atoms with Crippen molar-refractivity contribution in [2.24, 2.45) is 5.73 Å². The van der Waals surface area contributed by atoms with E-state index < -0.39 is 0 Å². The summed E-state index contributed by atoms with van der Waals surface area (Å²) in [7, 11) is 0. The average molecular weight is 236 g/mol. The smallest absolute Gasteiger partial charge is 0.0538 e. The monoisotopic (exact) mass is 236 g/mol. The molecule has 1 aliphatic heterocycles. The highest BCUT2D eigenvalue weighted by molar-refractivity contribution is 5.16. The standard InChI is InChI=1S/C13H24N4/c1-4-6-16-7-5-12(14)13(16)11-8-15-17(9-11)10(2)3/h8-10,12-13H,4-7,14H2,1-3H3. The highest BCUT2D eigenvalue weighted by Gasteiger charge is 2.33. The predicted molar refractivity (Wildman–Crippen MR) is 69.8 cm³/mol. The van der Waals surface area contributed by atoms with Gasteiger partial charge in [-0.05, 0) is 33.2 Å². The summed E-state index contributed by atoms with van der Waals surface area (Å²) in [5.41, 5.74) is 7.51. The maximum Gasteiger partial charge on any atom is 0.0538 e. The van der Waals surface area contributed by atoms with Gasteiger partial charge in [-0.3, -0.25) is 9.58 Å². The molecule has 2 N–H and O–H groups in total. The molecule has 2 atom stereocenters. The van der Waals surface area contributed by atoms with Crippen LogP contribution in [0.15, 0.2) is 12.4 Å². The normalized spacial score (nSPS) is 25.9. The third-order valence-corrected chi connectivity index (χ3v) is 3.55. The second-order valence-corrected chi connectivity index (χ2v) is 5.28. The van der Waals surface area contributed by atoms with Crippen LogP contribution in [0.3, 0.4) is 0 Å². The average Bonchev–Trinajstić information content (AvgIpc) is 2.86. The molecule has 0 amide bonds. The van der Waals surface area contributed by atoms with E-state index >= 15 is 0 Å². The van der Waals surface area contributed by atoms with Gasteiger partial charge in [0.05, 0.1) is 12.2 Å². The molecule has 1 aliphatic rings. The van der Waals surface area contributed by atoms with Crippen LogP contribution in [-0.2, 0) is 0 Å². The number of nitrogens with zero attached hydrogens (tertiary/aromatic N) is 3. The maximum absolute atomic E-state index is 6.24. The SMILES string of the molecule is CCCN1CCC(N)C1c1cnn(C(C)C)c1. The van der Waals surface area contributed by atoms with Gasteiger partial charge in [0.15, 0.2) is 0 Å². The number of hydrogen-bond donors (Lipinski definition) is 1. The van der Waals surface area contributed by atoms with E-state index in [0.29, 0.717) is 12.1 Å². The van der Waals surface area contributed by atoms with Gasteiger partial charge in [-0.1, -0.05) is 6.92 Å². The van der Waals surface area contributed by atoms with Crippen molar-refractivity contribution in [1.82, 2.24) is 14.7 Å². The van der Waals surface area contributed by atoms with Crippen molar-refractivity contribution in [3.63, 3.8) is 0 Å². The molecule has 4 nitrogen and oxygen atoms in total. The second-order valence-electron chi connectivity index (χ2n) is 5.28. The zero-order chi connectivity index (χ0) is 12.4. The first kappa shape index (κ1) is 12.6. The van der Waals surface area contributed by atoms with E-state index in [4.69, 9.17) is 5.73 Å². The first-order valence-corrected chi connectivity index (χ1v) is 6.67. The van der Waals surface area contributed by atoms with Crippen molar-refractivity contribution < 1.29 is 0 Å². The maximum atomic E-state index is 6.24. The Morgan fingerprint density at radius 3 is 2.88 bits per heavy atom. The van der Waals surface area contributed by atoms with Crippen molar-refractivity contribution in [2.75, 3.05) is 13.1 Å². The number of likely N-dealkylation sites (tertiary alicyclic amines) is 1. The Kier molecular flexibility index (Phi) is 3.84. The van der Waals surface area contributed by atoms with Crippen molar-refractivity contribution in [3.8, 4) is 0 Å². The van der Waals surface area contributed by atoms with E-state index in [2.05, 4.69) is 37.0 Å². The second kappa shape index (κ2) is 5.19. The molecule has 96 valence electrons. The Bertz CT molecular complexity index is 356. The van der Waals surface area contributed by atoms with Crippen LogP contribution in [0, 0.1) is 0 Å². The quantitative estimate of drug-likeness (QED) is 0.869. The molecule has 1 fully saturated rings. The first-order chi connectivity index (χ1) is 8.13. The van der Waals surface area contributed by atoms with E-state index in [1.165, 1.54) is 12.0 Å². The summed E-state index contributed by atoms with van der Waals surface area (Å²) in [6.45, 7) is 8.76. The fourth-order valence-corrected chi connectivity index (χ4v) is 2.67. The van der Waals surface area contributed by atoms with E-state index in [-0.39, 0.29) is 6.04 Å². The molecule has 1 aromatic rings. The van der Waals surface area contributed by atoms with E-state index in [0.717, 1.165) is 19.5 Å². The molecule has 0 spiro atoms. The third-order valence-electron chi connectivity index (χ3n) is 3.55. The van der Waals surface area contributed by atoms with Gasteiger partial charge in [0, 0.05) is 30.4 Å². The molecule has 0 radical (unpaired) electrons. The molecule has 0 bridgehead atoms. The molecule has 0 aliphatic carbocycles. The van der Waals surface area contributed by atoms with E-state index in [1.54, 1.807) is 0 Å². The highest BCUT2D eigenvalue weighted by Crippen LogP contribution is 2.31. The molecule has 2 unspecified atom stereocenters. The molecular weight excluding hydrogens is 212 g/mol. The van der Waals surface area contributed by atoms with Crippen LogP contribution in [0.4, 0.5) is 0 Å². The minimum absolute atomic E-state index is 0.256. The highest BCUT2D eigenvalue weighted by atomic mass is 15.3. The lowest BCUT2D eigenvalue weighted by molar-refractivity contribution is 0.248. The van der Waals surface area contributed by atoms with E-state index in [9.17, 15) is 0 Å². The number of rotatable bonds is 4. The summed E-state index contributed by atoms with van der Waals surface area (Å²) < 4.78 is 2.02. The summed E-state index contributed by atoms with van der Waals surface area (Å²) in [6.07, 6.45) is 6.42. The molecule has 17 heavy (non-hydrogen) atoms. The van der Waals surface area contributed by atoms with E-state index in [1.807, 2.05) is 10.9 Å². The summed E-state index contributed by atoms with van der Waals surface area (Å²) in [5, 5.41) is 4.42. The lowest BCUT2D eigenvalue weighted by atomic mass is 10.0. The van der Waals surface area contributed by atoms with Crippen LogP contribution in [0.2, 0.25) is 0 Å². The lowest BCUT2D eigenvalue weighted by Gasteiger charge is -2.25. The minimum atomic E-state index is 0.256. The Labute approximate surface area is 104 Å². The van der Waals surface area contributed by atoms with Crippen molar-refractivity contribution in [1.29, 1.82) is 0 Å². The fourth-order valence-electron chi connectivity index (χ4n) is 2.67. The van der Waals surface area contributed by atoms with Gasteiger partial charge >= 0.3 is 0 Å². The van der Waals surface area contributed by atoms with Crippen molar-refractivity contribution in [2.45, 2.75) is 51.7 Å². The van der Waals surface area contributed by atoms with Gasteiger partial charge in [0.2, 0.25) is 0 Å².